The number of carboxylic acids is 1. The van der Waals surface area contributed by atoms with E-state index in [1.807, 2.05) is 26.0 Å². The van der Waals surface area contributed by atoms with Crippen molar-refractivity contribution < 1.29 is 9.90 Å². The highest BCUT2D eigenvalue weighted by Gasteiger charge is 1.99. The highest BCUT2D eigenvalue weighted by Crippen LogP contribution is 2.06. The molecule has 0 bridgehead atoms. The number of aromatic carboxylic acids is 1. The van der Waals surface area contributed by atoms with Crippen molar-refractivity contribution in [3.05, 3.63) is 78.4 Å². The van der Waals surface area contributed by atoms with Gasteiger partial charge in [-0.2, -0.15) is 0 Å². The summed E-state index contributed by atoms with van der Waals surface area (Å²) < 4.78 is 0. The molecule has 22 heavy (non-hydrogen) atoms. The number of anilines is 1. The summed E-state index contributed by atoms with van der Waals surface area (Å²) in [7, 11) is 0. The molecule has 0 spiro atoms. The molecule has 0 saturated carbocycles. The van der Waals surface area contributed by atoms with Gasteiger partial charge in [0.2, 0.25) is 0 Å². The lowest BCUT2D eigenvalue weighted by Crippen LogP contribution is -1.94. The van der Waals surface area contributed by atoms with E-state index in [1.54, 1.807) is 24.3 Å². The Morgan fingerprint density at radius 2 is 1.27 bits per heavy atom. The maximum absolute atomic E-state index is 10.7. The normalized spacial score (nSPS) is 8.09. The summed E-state index contributed by atoms with van der Waals surface area (Å²) in [4.78, 5) is 10.7. The largest absolute Gasteiger partial charge is 0.478 e. The smallest absolute Gasteiger partial charge is 0.335 e. The van der Waals surface area contributed by atoms with Crippen molar-refractivity contribution in [3.8, 4) is 11.8 Å². The van der Waals surface area contributed by atoms with Crippen LogP contribution < -0.4 is 5.73 Å². The van der Waals surface area contributed by atoms with Gasteiger partial charge in [-0.1, -0.05) is 25.7 Å². The number of hydrogen-bond acceptors (Lipinski definition) is 2. The van der Waals surface area contributed by atoms with E-state index >= 15 is 0 Å². The summed E-state index contributed by atoms with van der Waals surface area (Å²) >= 11 is 0. The molecule has 0 heterocycles. The Labute approximate surface area is 132 Å². The molecule has 0 aliphatic carbocycles. The molecule has 2 aromatic rings. The summed E-state index contributed by atoms with van der Waals surface area (Å²) in [5.74, 6) is 5.01. The molecular formula is C19H21NO2. The highest BCUT2D eigenvalue weighted by molar-refractivity contribution is 5.87. The lowest BCUT2D eigenvalue weighted by atomic mass is 10.1. The van der Waals surface area contributed by atoms with Crippen molar-refractivity contribution in [2.24, 2.45) is 0 Å². The Bertz CT molecular complexity index is 632. The topological polar surface area (TPSA) is 63.3 Å². The van der Waals surface area contributed by atoms with Crippen molar-refractivity contribution in [1.82, 2.24) is 0 Å². The Morgan fingerprint density at radius 1 is 0.909 bits per heavy atom. The second kappa shape index (κ2) is 10.8. The summed E-state index contributed by atoms with van der Waals surface area (Å²) in [6.07, 6.45) is 0. The third-order valence-corrected chi connectivity index (χ3v) is 2.39. The third kappa shape index (κ3) is 6.44. The van der Waals surface area contributed by atoms with Crippen LogP contribution in [-0.4, -0.2) is 11.1 Å². The van der Waals surface area contributed by atoms with Crippen LogP contribution in [0.1, 0.15) is 35.3 Å². The summed E-state index contributed by atoms with van der Waals surface area (Å²) in [6.45, 7) is 10.0. The zero-order valence-corrected chi connectivity index (χ0v) is 13.0. The minimum atomic E-state index is -0.937. The van der Waals surface area contributed by atoms with Gasteiger partial charge in [-0.15, -0.1) is 13.2 Å². The number of rotatable bonds is 1. The van der Waals surface area contributed by atoms with Gasteiger partial charge in [0, 0.05) is 16.8 Å². The van der Waals surface area contributed by atoms with Crippen LogP contribution in [0, 0.1) is 11.8 Å². The average molecular weight is 295 g/mol. The Kier molecular flexibility index (Phi) is 9.29. The van der Waals surface area contributed by atoms with Crippen LogP contribution in [0.15, 0.2) is 61.7 Å². The van der Waals surface area contributed by atoms with Gasteiger partial charge in [-0.05, 0) is 48.5 Å². The van der Waals surface area contributed by atoms with Gasteiger partial charge in [-0.25, -0.2) is 4.79 Å². The van der Waals surface area contributed by atoms with Gasteiger partial charge in [0.1, 0.15) is 0 Å². The van der Waals surface area contributed by atoms with Gasteiger partial charge in [0.15, 0.2) is 0 Å². The van der Waals surface area contributed by atoms with Gasteiger partial charge >= 0.3 is 5.97 Å². The molecule has 2 aromatic carbocycles. The molecule has 3 heteroatoms. The van der Waals surface area contributed by atoms with Crippen LogP contribution in [0.25, 0.3) is 0 Å². The lowest BCUT2D eigenvalue weighted by Gasteiger charge is -1.94. The van der Waals surface area contributed by atoms with Crippen LogP contribution in [0.3, 0.4) is 0 Å². The van der Waals surface area contributed by atoms with E-state index in [2.05, 4.69) is 25.0 Å². The average Bonchev–Trinajstić information content (AvgIpc) is 2.58. The first-order valence-corrected chi connectivity index (χ1v) is 6.86. The van der Waals surface area contributed by atoms with Gasteiger partial charge in [0.05, 0.1) is 5.56 Å². The highest BCUT2D eigenvalue weighted by atomic mass is 16.4. The number of hydrogen-bond donors (Lipinski definition) is 2. The van der Waals surface area contributed by atoms with Crippen molar-refractivity contribution in [2.45, 2.75) is 13.8 Å². The quantitative estimate of drug-likeness (QED) is 0.471. The zero-order chi connectivity index (χ0) is 17.0. The van der Waals surface area contributed by atoms with Gasteiger partial charge in [-0.3, -0.25) is 0 Å². The number of carbonyl (C=O) groups is 1. The number of carboxylic acid groups (broad SMARTS) is 1. The third-order valence-electron chi connectivity index (χ3n) is 2.39. The molecule has 0 unspecified atom stereocenters. The number of nitrogens with two attached hydrogens (primary N) is 1. The van der Waals surface area contributed by atoms with Crippen molar-refractivity contribution in [3.63, 3.8) is 0 Å². The van der Waals surface area contributed by atoms with Crippen LogP contribution in [0.4, 0.5) is 5.69 Å². The van der Waals surface area contributed by atoms with Crippen LogP contribution in [0.2, 0.25) is 0 Å². The van der Waals surface area contributed by atoms with E-state index in [0.717, 1.165) is 11.1 Å². The minimum absolute atomic E-state index is 0.257. The maximum atomic E-state index is 10.7. The van der Waals surface area contributed by atoms with Crippen molar-refractivity contribution >= 4 is 11.7 Å². The summed E-state index contributed by atoms with van der Waals surface area (Å²) in [5, 5.41) is 8.76. The fraction of sp³-hybridized carbons (Fsp3) is 0.105. The van der Waals surface area contributed by atoms with Crippen molar-refractivity contribution in [1.29, 1.82) is 0 Å². The second-order valence-electron chi connectivity index (χ2n) is 3.75. The zero-order valence-electron chi connectivity index (χ0n) is 13.0. The summed E-state index contributed by atoms with van der Waals surface area (Å²) in [6, 6.07) is 13.7. The fourth-order valence-electron chi connectivity index (χ4n) is 1.41. The molecule has 114 valence electrons. The van der Waals surface area contributed by atoms with E-state index < -0.39 is 5.97 Å². The van der Waals surface area contributed by atoms with Crippen LogP contribution in [-0.2, 0) is 0 Å². The van der Waals surface area contributed by atoms with Gasteiger partial charge < -0.3 is 10.8 Å². The number of nitrogen functional groups attached to an aromatic ring is 1. The van der Waals surface area contributed by atoms with E-state index in [9.17, 15) is 4.79 Å². The first-order valence-electron chi connectivity index (χ1n) is 6.86. The molecule has 0 aliphatic rings. The maximum Gasteiger partial charge on any atom is 0.335 e. The molecule has 0 radical (unpaired) electrons. The van der Waals surface area contributed by atoms with E-state index in [4.69, 9.17) is 10.8 Å². The molecular weight excluding hydrogens is 274 g/mol. The van der Waals surface area contributed by atoms with E-state index in [-0.39, 0.29) is 5.56 Å². The minimum Gasteiger partial charge on any atom is -0.478 e. The molecule has 0 aliphatic heterocycles. The predicted molar refractivity (Wildman–Crippen MR) is 92.8 cm³/mol. The fourth-order valence-corrected chi connectivity index (χ4v) is 1.41. The second-order valence-corrected chi connectivity index (χ2v) is 3.75. The Hall–Kier alpha value is -2.99. The standard InChI is InChI=1S/C15H11NO2.C2H6.C2H4/c16-14-9-5-12(6-10-14)2-1-11-3-7-13(8-4-11)15(17)18;2*1-2/h3-10H,16H2,(H,17,18);1-2H3;1-2H2. The summed E-state index contributed by atoms with van der Waals surface area (Å²) in [5.41, 5.74) is 8.17. The molecule has 0 amide bonds. The first-order chi connectivity index (χ1) is 10.6. The molecule has 0 atom stereocenters. The first kappa shape index (κ1) is 19.0. The molecule has 3 nitrogen and oxygen atoms in total. The Morgan fingerprint density at radius 3 is 1.64 bits per heavy atom. The number of benzene rings is 2. The molecule has 0 saturated heterocycles. The molecule has 3 N–H and O–H groups in total. The molecule has 0 fully saturated rings. The predicted octanol–water partition coefficient (Wildman–Crippen LogP) is 4.20. The Balaban J connectivity index is 0.00000102. The SMILES string of the molecule is C=C.CC.Nc1ccc(C#Cc2ccc(C(=O)O)cc2)cc1. The van der Waals surface area contributed by atoms with Gasteiger partial charge in [0.25, 0.3) is 0 Å². The van der Waals surface area contributed by atoms with E-state index in [0.29, 0.717) is 5.69 Å². The van der Waals surface area contributed by atoms with E-state index in [1.165, 1.54) is 12.1 Å². The monoisotopic (exact) mass is 295 g/mol. The van der Waals surface area contributed by atoms with Crippen LogP contribution in [0.5, 0.6) is 0 Å². The van der Waals surface area contributed by atoms with Crippen molar-refractivity contribution in [2.75, 3.05) is 5.73 Å². The molecule has 0 aromatic heterocycles. The lowest BCUT2D eigenvalue weighted by molar-refractivity contribution is 0.0697. The van der Waals surface area contributed by atoms with Crippen LogP contribution >= 0.6 is 0 Å². The molecule has 2 rings (SSSR count).